The Morgan fingerprint density at radius 2 is 1.66 bits per heavy atom. The Morgan fingerprint density at radius 3 is 2.38 bits per heavy atom. The Balaban J connectivity index is 1.59. The van der Waals surface area contributed by atoms with E-state index in [1.807, 2.05) is 31.2 Å². The first-order valence-electron chi connectivity index (χ1n) is 9.80. The highest BCUT2D eigenvalue weighted by Gasteiger charge is 2.26. The molecule has 2 aromatic carbocycles. The third kappa shape index (κ3) is 4.90. The summed E-state index contributed by atoms with van der Waals surface area (Å²) in [4.78, 5) is 2.39. The number of hydrogen-bond acceptors (Lipinski definition) is 6. The molecule has 0 aliphatic carbocycles. The summed E-state index contributed by atoms with van der Waals surface area (Å²) in [6, 6.07) is 12.3. The van der Waals surface area contributed by atoms with E-state index in [2.05, 4.69) is 9.62 Å². The van der Waals surface area contributed by atoms with E-state index in [1.165, 1.54) is 6.07 Å². The number of nitrogens with zero attached hydrogens (tertiary/aromatic N) is 1. The van der Waals surface area contributed by atoms with Gasteiger partial charge in [0.25, 0.3) is 0 Å². The SMILES string of the molecule is Cc1ccc([C@@H](CN2CCOCC2)NS(=O)(=O)c2ccc3c(c2)OCCO3)cc1. The quantitative estimate of drug-likeness (QED) is 0.774. The Hall–Kier alpha value is -2.13. The molecular formula is C21H26N2O5S. The van der Waals surface area contributed by atoms with E-state index in [0.717, 1.165) is 24.2 Å². The van der Waals surface area contributed by atoms with Gasteiger partial charge in [-0.1, -0.05) is 29.8 Å². The van der Waals surface area contributed by atoms with Crippen LogP contribution in [0.5, 0.6) is 11.5 Å². The van der Waals surface area contributed by atoms with Crippen LogP contribution in [0.1, 0.15) is 17.2 Å². The number of benzene rings is 2. The first kappa shape index (κ1) is 20.2. The van der Waals surface area contributed by atoms with Gasteiger partial charge in [-0.25, -0.2) is 13.1 Å². The number of sulfonamides is 1. The topological polar surface area (TPSA) is 77.1 Å². The van der Waals surface area contributed by atoms with Crippen LogP contribution >= 0.6 is 0 Å². The molecule has 7 nitrogen and oxygen atoms in total. The Labute approximate surface area is 171 Å². The molecule has 1 saturated heterocycles. The molecule has 0 amide bonds. The molecule has 2 aliphatic rings. The Morgan fingerprint density at radius 1 is 0.966 bits per heavy atom. The van der Waals surface area contributed by atoms with Crippen molar-refractivity contribution in [1.82, 2.24) is 9.62 Å². The maximum absolute atomic E-state index is 13.2. The monoisotopic (exact) mass is 418 g/mol. The van der Waals surface area contributed by atoms with Crippen molar-refractivity contribution in [2.45, 2.75) is 17.9 Å². The van der Waals surface area contributed by atoms with Crippen molar-refractivity contribution >= 4 is 10.0 Å². The predicted molar refractivity (Wildman–Crippen MR) is 109 cm³/mol. The molecule has 1 atom stereocenters. The van der Waals surface area contributed by atoms with Gasteiger partial charge in [-0.2, -0.15) is 0 Å². The number of nitrogens with one attached hydrogen (secondary N) is 1. The third-order valence-corrected chi connectivity index (χ3v) is 6.61. The Bertz CT molecular complexity index is 940. The molecular weight excluding hydrogens is 392 g/mol. The molecule has 1 N–H and O–H groups in total. The lowest BCUT2D eigenvalue weighted by Gasteiger charge is -2.31. The minimum absolute atomic E-state index is 0.167. The van der Waals surface area contributed by atoms with Gasteiger partial charge in [0.1, 0.15) is 13.2 Å². The number of rotatable bonds is 6. The van der Waals surface area contributed by atoms with Gasteiger partial charge < -0.3 is 14.2 Å². The predicted octanol–water partition coefficient (Wildman–Crippen LogP) is 2.12. The summed E-state index contributed by atoms with van der Waals surface area (Å²) in [5.41, 5.74) is 2.07. The molecule has 0 bridgehead atoms. The fourth-order valence-electron chi connectivity index (χ4n) is 3.50. The van der Waals surface area contributed by atoms with Crippen LogP contribution in [0.2, 0.25) is 0 Å². The van der Waals surface area contributed by atoms with E-state index < -0.39 is 10.0 Å². The van der Waals surface area contributed by atoms with Crippen LogP contribution in [0.15, 0.2) is 47.4 Å². The van der Waals surface area contributed by atoms with Gasteiger partial charge in [0.05, 0.1) is 24.2 Å². The highest BCUT2D eigenvalue weighted by Crippen LogP contribution is 2.32. The lowest BCUT2D eigenvalue weighted by Crippen LogP contribution is -2.43. The fourth-order valence-corrected chi connectivity index (χ4v) is 4.73. The van der Waals surface area contributed by atoms with E-state index in [1.54, 1.807) is 12.1 Å². The Kier molecular flexibility index (Phi) is 6.05. The summed E-state index contributed by atoms with van der Waals surface area (Å²) in [7, 11) is -3.75. The minimum atomic E-state index is -3.75. The lowest BCUT2D eigenvalue weighted by atomic mass is 10.1. The second kappa shape index (κ2) is 8.71. The van der Waals surface area contributed by atoms with Crippen molar-refractivity contribution in [3.05, 3.63) is 53.6 Å². The average Bonchev–Trinajstić information content (AvgIpc) is 2.74. The van der Waals surface area contributed by atoms with Crippen LogP contribution in [0.25, 0.3) is 0 Å². The fraction of sp³-hybridized carbons (Fsp3) is 0.429. The van der Waals surface area contributed by atoms with Crippen molar-refractivity contribution in [3.63, 3.8) is 0 Å². The maximum atomic E-state index is 13.2. The second-order valence-corrected chi connectivity index (χ2v) is 9.02. The molecule has 2 heterocycles. The summed E-state index contributed by atoms with van der Waals surface area (Å²) in [6.45, 7) is 6.36. The lowest BCUT2D eigenvalue weighted by molar-refractivity contribution is 0.0345. The average molecular weight is 419 g/mol. The van der Waals surface area contributed by atoms with Crippen molar-refractivity contribution in [1.29, 1.82) is 0 Å². The molecule has 1 fully saturated rings. The zero-order chi connectivity index (χ0) is 20.3. The maximum Gasteiger partial charge on any atom is 0.241 e. The van der Waals surface area contributed by atoms with Crippen LogP contribution in [-0.4, -0.2) is 59.4 Å². The van der Waals surface area contributed by atoms with Gasteiger partial charge in [0.2, 0.25) is 10.0 Å². The summed E-state index contributed by atoms with van der Waals surface area (Å²) in [5, 5.41) is 0. The van der Waals surface area contributed by atoms with E-state index >= 15 is 0 Å². The molecule has 2 aliphatic heterocycles. The normalized spacial score (nSPS) is 18.4. The molecule has 0 saturated carbocycles. The van der Waals surface area contributed by atoms with Crippen LogP contribution in [0.3, 0.4) is 0 Å². The van der Waals surface area contributed by atoms with E-state index in [0.29, 0.717) is 44.5 Å². The molecule has 0 unspecified atom stereocenters. The second-order valence-electron chi connectivity index (χ2n) is 7.30. The van der Waals surface area contributed by atoms with Crippen molar-refractivity contribution < 1.29 is 22.6 Å². The zero-order valence-corrected chi connectivity index (χ0v) is 17.3. The van der Waals surface area contributed by atoms with Gasteiger partial charge in [0.15, 0.2) is 11.5 Å². The standard InChI is InChI=1S/C21H26N2O5S/c1-16-2-4-17(5-3-16)19(15-23-8-10-26-11-9-23)22-29(24,25)18-6-7-20-21(14-18)28-13-12-27-20/h2-7,14,19,22H,8-13,15H2,1H3/t19-/m1/s1. The summed E-state index contributed by atoms with van der Waals surface area (Å²) in [6.07, 6.45) is 0. The van der Waals surface area contributed by atoms with Crippen molar-refractivity contribution in [2.75, 3.05) is 46.1 Å². The van der Waals surface area contributed by atoms with E-state index in [-0.39, 0.29) is 10.9 Å². The van der Waals surface area contributed by atoms with Crippen LogP contribution < -0.4 is 14.2 Å². The highest BCUT2D eigenvalue weighted by molar-refractivity contribution is 7.89. The van der Waals surface area contributed by atoms with Gasteiger partial charge in [-0.05, 0) is 24.6 Å². The summed E-state index contributed by atoms with van der Waals surface area (Å²) in [5.74, 6) is 1.03. The smallest absolute Gasteiger partial charge is 0.241 e. The molecule has 0 aromatic heterocycles. The number of hydrogen-bond donors (Lipinski definition) is 1. The highest BCUT2D eigenvalue weighted by atomic mass is 32.2. The van der Waals surface area contributed by atoms with Crippen molar-refractivity contribution in [2.24, 2.45) is 0 Å². The molecule has 29 heavy (non-hydrogen) atoms. The molecule has 8 heteroatoms. The van der Waals surface area contributed by atoms with Crippen LogP contribution in [0.4, 0.5) is 0 Å². The summed E-state index contributed by atoms with van der Waals surface area (Å²) >= 11 is 0. The van der Waals surface area contributed by atoms with Gasteiger partial charge in [-0.3, -0.25) is 4.90 Å². The van der Waals surface area contributed by atoms with Gasteiger partial charge >= 0.3 is 0 Å². The molecule has 4 rings (SSSR count). The number of aryl methyl sites for hydroxylation is 1. The number of morpholine rings is 1. The molecule has 156 valence electrons. The van der Waals surface area contributed by atoms with E-state index in [9.17, 15) is 8.42 Å². The van der Waals surface area contributed by atoms with Crippen molar-refractivity contribution in [3.8, 4) is 11.5 Å². The van der Waals surface area contributed by atoms with Crippen LogP contribution in [-0.2, 0) is 14.8 Å². The third-order valence-electron chi connectivity index (χ3n) is 5.15. The first-order chi connectivity index (χ1) is 14.0. The largest absolute Gasteiger partial charge is 0.486 e. The number of fused-ring (bicyclic) bond motifs is 1. The first-order valence-corrected chi connectivity index (χ1v) is 11.3. The summed E-state index contributed by atoms with van der Waals surface area (Å²) < 4.78 is 45.7. The minimum Gasteiger partial charge on any atom is -0.486 e. The van der Waals surface area contributed by atoms with Gasteiger partial charge in [0, 0.05) is 25.7 Å². The van der Waals surface area contributed by atoms with E-state index in [4.69, 9.17) is 14.2 Å². The van der Waals surface area contributed by atoms with Gasteiger partial charge in [-0.15, -0.1) is 0 Å². The zero-order valence-electron chi connectivity index (χ0n) is 16.5. The number of ether oxygens (including phenoxy) is 3. The molecule has 0 radical (unpaired) electrons. The van der Waals surface area contributed by atoms with Crippen LogP contribution in [0, 0.1) is 6.92 Å². The molecule has 2 aromatic rings. The molecule has 0 spiro atoms.